The largest absolute Gasteiger partial charge is 0.466 e. The molecule has 8 nitrogen and oxygen atoms in total. The summed E-state index contributed by atoms with van der Waals surface area (Å²) in [5.74, 6) is -1.17. The lowest BCUT2D eigenvalue weighted by atomic mass is 10.1. The number of ether oxygens (including phenoxy) is 2. The highest BCUT2D eigenvalue weighted by atomic mass is 32.2. The van der Waals surface area contributed by atoms with Crippen LogP contribution in [0.3, 0.4) is 0 Å². The van der Waals surface area contributed by atoms with E-state index in [1.165, 1.54) is 46.1 Å². The molecule has 0 N–H and O–H groups in total. The number of hydrogen-bond donors (Lipinski definition) is 0. The summed E-state index contributed by atoms with van der Waals surface area (Å²) < 4.78 is 10.0. The van der Waals surface area contributed by atoms with E-state index in [0.717, 1.165) is 0 Å². The van der Waals surface area contributed by atoms with E-state index in [1.807, 2.05) is 5.38 Å². The summed E-state index contributed by atoms with van der Waals surface area (Å²) >= 11 is 2.59. The Balaban J connectivity index is 1.59. The summed E-state index contributed by atoms with van der Waals surface area (Å²) in [7, 11) is 2.88. The standard InChI is InChI=1S/C22H22N2O6S2/c1-23(21(27)17-9-5-12-31-17)16-8-4-3-7-15(16)22(28)30-11-6-10-24-18(25)14-32-19(24)13-20(26)29-2/h3-5,7-9,12-13H,6,10-11,14H2,1-2H3/b19-13+. The van der Waals surface area contributed by atoms with Gasteiger partial charge in [-0.05, 0) is 30.0 Å². The Kier molecular flexibility index (Phi) is 8.07. The van der Waals surface area contributed by atoms with Crippen LogP contribution in [0.2, 0.25) is 0 Å². The molecule has 1 aliphatic rings. The van der Waals surface area contributed by atoms with E-state index in [2.05, 4.69) is 4.74 Å². The van der Waals surface area contributed by atoms with E-state index in [4.69, 9.17) is 4.74 Å². The SMILES string of the molecule is COC(=O)/C=C1/SCC(=O)N1CCCOC(=O)c1ccccc1N(C)C(=O)c1cccs1. The lowest BCUT2D eigenvalue weighted by molar-refractivity contribution is -0.134. The van der Waals surface area contributed by atoms with E-state index in [-0.39, 0.29) is 29.7 Å². The fourth-order valence-electron chi connectivity index (χ4n) is 3.01. The fraction of sp³-hybridized carbons (Fsp3) is 0.273. The molecule has 0 unspecified atom stereocenters. The predicted molar refractivity (Wildman–Crippen MR) is 123 cm³/mol. The molecule has 32 heavy (non-hydrogen) atoms. The molecule has 0 radical (unpaired) electrons. The van der Waals surface area contributed by atoms with Crippen molar-refractivity contribution in [3.63, 3.8) is 0 Å². The third kappa shape index (κ3) is 5.57. The average Bonchev–Trinajstić information content (AvgIpc) is 3.46. The zero-order valence-electron chi connectivity index (χ0n) is 17.6. The first kappa shape index (κ1) is 23.6. The first-order valence-electron chi connectivity index (χ1n) is 9.73. The number of para-hydroxylation sites is 1. The lowest BCUT2D eigenvalue weighted by Gasteiger charge is -2.20. The Bertz CT molecular complexity index is 1030. The predicted octanol–water partition coefficient (Wildman–Crippen LogP) is 3.16. The maximum absolute atomic E-state index is 12.7. The van der Waals surface area contributed by atoms with Crippen molar-refractivity contribution in [2.75, 3.05) is 38.0 Å². The van der Waals surface area contributed by atoms with Crippen LogP contribution in [0.4, 0.5) is 5.69 Å². The van der Waals surface area contributed by atoms with Gasteiger partial charge in [-0.15, -0.1) is 11.3 Å². The minimum absolute atomic E-state index is 0.0791. The van der Waals surface area contributed by atoms with Crippen molar-refractivity contribution in [2.24, 2.45) is 0 Å². The number of nitrogens with zero attached hydrogens (tertiary/aromatic N) is 2. The third-order valence-electron chi connectivity index (χ3n) is 4.63. The second-order valence-electron chi connectivity index (χ2n) is 6.69. The highest BCUT2D eigenvalue weighted by molar-refractivity contribution is 8.04. The molecule has 3 rings (SSSR count). The maximum Gasteiger partial charge on any atom is 0.340 e. The van der Waals surface area contributed by atoms with Gasteiger partial charge in [0.2, 0.25) is 5.91 Å². The van der Waals surface area contributed by atoms with Gasteiger partial charge in [0.05, 0.1) is 46.7 Å². The van der Waals surface area contributed by atoms with Crippen LogP contribution < -0.4 is 4.90 Å². The molecule has 2 heterocycles. The monoisotopic (exact) mass is 474 g/mol. The summed E-state index contributed by atoms with van der Waals surface area (Å²) in [5, 5.41) is 2.34. The third-order valence-corrected chi connectivity index (χ3v) is 6.52. The van der Waals surface area contributed by atoms with Crippen molar-refractivity contribution >= 4 is 52.5 Å². The number of thiophene rings is 1. The Morgan fingerprint density at radius 1 is 1.19 bits per heavy atom. The Labute approximate surface area is 193 Å². The molecule has 1 fully saturated rings. The van der Waals surface area contributed by atoms with Gasteiger partial charge in [-0.3, -0.25) is 9.59 Å². The molecular formula is C22H22N2O6S2. The number of benzene rings is 1. The van der Waals surface area contributed by atoms with Crippen molar-refractivity contribution in [2.45, 2.75) is 6.42 Å². The molecular weight excluding hydrogens is 452 g/mol. The van der Waals surface area contributed by atoms with Gasteiger partial charge in [0.15, 0.2) is 0 Å². The zero-order valence-corrected chi connectivity index (χ0v) is 19.2. The van der Waals surface area contributed by atoms with Gasteiger partial charge in [0, 0.05) is 13.6 Å². The van der Waals surface area contributed by atoms with Crippen LogP contribution in [-0.2, 0) is 19.1 Å². The van der Waals surface area contributed by atoms with Crippen LogP contribution in [0.5, 0.6) is 0 Å². The number of anilines is 1. The van der Waals surface area contributed by atoms with Crippen LogP contribution in [0.25, 0.3) is 0 Å². The second-order valence-corrected chi connectivity index (χ2v) is 8.63. The van der Waals surface area contributed by atoms with E-state index in [9.17, 15) is 19.2 Å². The van der Waals surface area contributed by atoms with Gasteiger partial charge in [-0.1, -0.05) is 30.0 Å². The van der Waals surface area contributed by atoms with Crippen LogP contribution in [-0.4, -0.2) is 61.7 Å². The molecule has 10 heteroatoms. The molecule has 1 aromatic heterocycles. The smallest absolute Gasteiger partial charge is 0.340 e. The van der Waals surface area contributed by atoms with Crippen molar-refractivity contribution < 1.29 is 28.7 Å². The lowest BCUT2D eigenvalue weighted by Crippen LogP contribution is -2.28. The maximum atomic E-state index is 12.7. The number of rotatable bonds is 8. The highest BCUT2D eigenvalue weighted by Gasteiger charge is 2.27. The topological polar surface area (TPSA) is 93.2 Å². The number of methoxy groups -OCH3 is 1. The summed E-state index contributed by atoms with van der Waals surface area (Å²) in [6, 6.07) is 10.3. The van der Waals surface area contributed by atoms with Gasteiger partial charge in [-0.25, -0.2) is 9.59 Å². The van der Waals surface area contributed by atoms with Crippen LogP contribution >= 0.6 is 23.1 Å². The van der Waals surface area contributed by atoms with Gasteiger partial charge in [0.1, 0.15) is 0 Å². The fourth-order valence-corrected chi connectivity index (χ4v) is 4.66. The Morgan fingerprint density at radius 3 is 2.69 bits per heavy atom. The van der Waals surface area contributed by atoms with E-state index in [1.54, 1.807) is 43.4 Å². The Morgan fingerprint density at radius 2 is 1.97 bits per heavy atom. The molecule has 0 saturated carbocycles. The molecule has 0 spiro atoms. The number of thioether (sulfide) groups is 1. The number of amides is 2. The number of esters is 2. The molecule has 168 valence electrons. The van der Waals surface area contributed by atoms with Crippen molar-refractivity contribution in [1.29, 1.82) is 0 Å². The van der Waals surface area contributed by atoms with Crippen LogP contribution in [0.15, 0.2) is 52.9 Å². The van der Waals surface area contributed by atoms with E-state index >= 15 is 0 Å². The van der Waals surface area contributed by atoms with Gasteiger partial charge >= 0.3 is 11.9 Å². The number of carbonyl (C=O) groups excluding carboxylic acids is 4. The van der Waals surface area contributed by atoms with Crippen molar-refractivity contribution in [1.82, 2.24) is 4.90 Å². The molecule has 1 aromatic carbocycles. The average molecular weight is 475 g/mol. The minimum atomic E-state index is -0.557. The number of hydrogen-bond acceptors (Lipinski definition) is 8. The second kappa shape index (κ2) is 11.0. The van der Waals surface area contributed by atoms with E-state index < -0.39 is 11.9 Å². The van der Waals surface area contributed by atoms with Gasteiger partial charge in [-0.2, -0.15) is 0 Å². The molecule has 0 atom stereocenters. The van der Waals surface area contributed by atoms with Gasteiger partial charge in [0.25, 0.3) is 5.91 Å². The molecule has 1 saturated heterocycles. The zero-order chi connectivity index (χ0) is 23.1. The van der Waals surface area contributed by atoms with E-state index in [0.29, 0.717) is 28.6 Å². The molecule has 2 amide bonds. The first-order valence-corrected chi connectivity index (χ1v) is 11.6. The quantitative estimate of drug-likeness (QED) is 0.330. The molecule has 1 aliphatic heterocycles. The number of carbonyl (C=O) groups is 4. The van der Waals surface area contributed by atoms with Gasteiger partial charge < -0.3 is 19.3 Å². The highest BCUT2D eigenvalue weighted by Crippen LogP contribution is 2.29. The molecule has 0 aliphatic carbocycles. The van der Waals surface area contributed by atoms with Crippen molar-refractivity contribution in [3.05, 3.63) is 63.3 Å². The Hall–Kier alpha value is -3.11. The summed E-state index contributed by atoms with van der Waals surface area (Å²) in [4.78, 5) is 52.3. The summed E-state index contributed by atoms with van der Waals surface area (Å²) in [5.41, 5.74) is 0.726. The van der Waals surface area contributed by atoms with Crippen LogP contribution in [0, 0.1) is 0 Å². The molecule has 0 bridgehead atoms. The minimum Gasteiger partial charge on any atom is -0.466 e. The normalized spacial score (nSPS) is 14.5. The summed E-state index contributed by atoms with van der Waals surface area (Å²) in [6.07, 6.45) is 1.67. The van der Waals surface area contributed by atoms with Crippen LogP contribution in [0.1, 0.15) is 26.5 Å². The summed E-state index contributed by atoms with van der Waals surface area (Å²) in [6.45, 7) is 0.385. The first-order chi connectivity index (χ1) is 15.4. The molecule has 2 aromatic rings. The van der Waals surface area contributed by atoms with Crippen molar-refractivity contribution in [3.8, 4) is 0 Å².